The lowest BCUT2D eigenvalue weighted by molar-refractivity contribution is 0.831. The number of H-pyrrole nitrogens is 1. The number of hydrogen-bond acceptors (Lipinski definition) is 0. The fourth-order valence-electron chi connectivity index (χ4n) is 1.57. The van der Waals surface area contributed by atoms with Crippen molar-refractivity contribution in [1.82, 2.24) is 4.98 Å². The van der Waals surface area contributed by atoms with E-state index in [0.717, 1.165) is 20.4 Å². The molecule has 1 aromatic heterocycles. The molecule has 0 aliphatic carbocycles. The Morgan fingerprint density at radius 1 is 1.36 bits per heavy atom. The summed E-state index contributed by atoms with van der Waals surface area (Å²) in [5.41, 5.74) is 2.22. The van der Waals surface area contributed by atoms with Gasteiger partial charge in [0.25, 0.3) is 0 Å². The van der Waals surface area contributed by atoms with E-state index in [4.69, 9.17) is 11.6 Å². The lowest BCUT2D eigenvalue weighted by Crippen LogP contribution is -1.86. The summed E-state index contributed by atoms with van der Waals surface area (Å²) in [6, 6.07) is 5.93. The van der Waals surface area contributed by atoms with Gasteiger partial charge in [0.2, 0.25) is 0 Å². The monoisotopic (exact) mass is 271 g/mol. The standard InChI is InChI=1S/C11H11BrClN/c1-6(2)10-9(12)7-4-3-5-8(13)11(7)14-10/h3-6,14H,1-2H3. The van der Waals surface area contributed by atoms with Gasteiger partial charge in [0.15, 0.2) is 0 Å². The van der Waals surface area contributed by atoms with Crippen molar-refractivity contribution in [3.8, 4) is 0 Å². The van der Waals surface area contributed by atoms with E-state index >= 15 is 0 Å². The fraction of sp³-hybridized carbons (Fsp3) is 0.273. The Morgan fingerprint density at radius 2 is 2.07 bits per heavy atom. The Morgan fingerprint density at radius 3 is 2.64 bits per heavy atom. The van der Waals surface area contributed by atoms with Gasteiger partial charge < -0.3 is 4.98 Å². The molecule has 0 saturated carbocycles. The highest BCUT2D eigenvalue weighted by Gasteiger charge is 2.12. The number of benzene rings is 1. The van der Waals surface area contributed by atoms with Gasteiger partial charge in [-0.05, 0) is 27.9 Å². The van der Waals surface area contributed by atoms with E-state index in [-0.39, 0.29) is 0 Å². The second-order valence-electron chi connectivity index (χ2n) is 3.67. The molecule has 0 fully saturated rings. The molecule has 3 heteroatoms. The predicted molar refractivity (Wildman–Crippen MR) is 65.1 cm³/mol. The van der Waals surface area contributed by atoms with Crippen LogP contribution < -0.4 is 0 Å². The van der Waals surface area contributed by atoms with Crippen LogP contribution in [-0.2, 0) is 0 Å². The molecule has 0 spiro atoms. The van der Waals surface area contributed by atoms with E-state index in [1.54, 1.807) is 0 Å². The first-order valence-electron chi connectivity index (χ1n) is 4.57. The zero-order valence-corrected chi connectivity index (χ0v) is 10.4. The van der Waals surface area contributed by atoms with Crippen molar-refractivity contribution in [3.05, 3.63) is 33.4 Å². The summed E-state index contributed by atoms with van der Waals surface area (Å²) in [6.45, 7) is 4.31. The van der Waals surface area contributed by atoms with Crippen LogP contribution in [0.3, 0.4) is 0 Å². The topological polar surface area (TPSA) is 15.8 Å². The Hall–Kier alpha value is -0.470. The van der Waals surface area contributed by atoms with E-state index in [9.17, 15) is 0 Å². The zero-order chi connectivity index (χ0) is 10.3. The number of nitrogens with one attached hydrogen (secondary N) is 1. The van der Waals surface area contributed by atoms with E-state index in [1.807, 2.05) is 12.1 Å². The molecular weight excluding hydrogens is 261 g/mol. The van der Waals surface area contributed by atoms with Crippen LogP contribution in [0.4, 0.5) is 0 Å². The molecule has 2 rings (SSSR count). The number of aromatic nitrogens is 1. The van der Waals surface area contributed by atoms with Gasteiger partial charge in [-0.2, -0.15) is 0 Å². The second kappa shape index (κ2) is 3.59. The third-order valence-corrected chi connectivity index (χ3v) is 3.49. The van der Waals surface area contributed by atoms with Crippen molar-refractivity contribution < 1.29 is 0 Å². The molecule has 0 bridgehead atoms. The van der Waals surface area contributed by atoms with Crippen LogP contribution >= 0.6 is 27.5 Å². The molecule has 0 radical (unpaired) electrons. The molecule has 0 aliphatic heterocycles. The molecule has 1 aromatic carbocycles. The van der Waals surface area contributed by atoms with Crippen LogP contribution in [0, 0.1) is 0 Å². The smallest absolute Gasteiger partial charge is 0.0657 e. The summed E-state index contributed by atoms with van der Waals surface area (Å²) >= 11 is 9.69. The minimum Gasteiger partial charge on any atom is -0.356 e. The zero-order valence-electron chi connectivity index (χ0n) is 8.07. The predicted octanol–water partition coefficient (Wildman–Crippen LogP) is 4.71. The van der Waals surface area contributed by atoms with Crippen LogP contribution in [-0.4, -0.2) is 4.98 Å². The van der Waals surface area contributed by atoms with Gasteiger partial charge in [-0.3, -0.25) is 0 Å². The SMILES string of the molecule is CC(C)c1[nH]c2c(Cl)cccc2c1Br. The van der Waals surface area contributed by atoms with Crippen LogP contribution in [0.25, 0.3) is 10.9 Å². The molecular formula is C11H11BrClN. The number of fused-ring (bicyclic) bond motifs is 1. The molecule has 74 valence electrons. The van der Waals surface area contributed by atoms with Gasteiger partial charge in [0.05, 0.1) is 10.5 Å². The molecule has 0 aliphatic rings. The molecule has 1 N–H and O–H groups in total. The Bertz CT molecular complexity index is 473. The number of rotatable bonds is 1. The average Bonchev–Trinajstić information content (AvgIpc) is 2.46. The Kier molecular flexibility index (Phi) is 2.58. The Labute approximate surface area is 96.6 Å². The maximum absolute atomic E-state index is 6.09. The summed E-state index contributed by atoms with van der Waals surface area (Å²) in [5.74, 6) is 0.466. The van der Waals surface area contributed by atoms with Crippen molar-refractivity contribution >= 4 is 38.4 Å². The van der Waals surface area contributed by atoms with E-state index < -0.39 is 0 Å². The molecule has 0 amide bonds. The van der Waals surface area contributed by atoms with Crippen molar-refractivity contribution in [3.63, 3.8) is 0 Å². The summed E-state index contributed by atoms with van der Waals surface area (Å²) in [7, 11) is 0. The van der Waals surface area contributed by atoms with E-state index in [0.29, 0.717) is 5.92 Å². The summed E-state index contributed by atoms with van der Waals surface area (Å²) < 4.78 is 1.13. The van der Waals surface area contributed by atoms with Gasteiger partial charge in [-0.25, -0.2) is 0 Å². The van der Waals surface area contributed by atoms with Gasteiger partial charge in [-0.1, -0.05) is 37.6 Å². The summed E-state index contributed by atoms with van der Waals surface area (Å²) in [5, 5.41) is 1.93. The van der Waals surface area contributed by atoms with Crippen LogP contribution in [0.2, 0.25) is 5.02 Å². The largest absolute Gasteiger partial charge is 0.356 e. The van der Waals surface area contributed by atoms with E-state index in [1.165, 1.54) is 5.69 Å². The first kappa shape index (κ1) is 10.1. The third-order valence-electron chi connectivity index (χ3n) is 2.32. The van der Waals surface area contributed by atoms with Crippen molar-refractivity contribution in [1.29, 1.82) is 0 Å². The normalized spacial score (nSPS) is 11.5. The van der Waals surface area contributed by atoms with Crippen molar-refractivity contribution in [2.75, 3.05) is 0 Å². The number of aromatic amines is 1. The average molecular weight is 273 g/mol. The second-order valence-corrected chi connectivity index (χ2v) is 4.87. The molecule has 14 heavy (non-hydrogen) atoms. The van der Waals surface area contributed by atoms with Gasteiger partial charge in [-0.15, -0.1) is 0 Å². The molecule has 0 saturated heterocycles. The van der Waals surface area contributed by atoms with Crippen molar-refractivity contribution in [2.24, 2.45) is 0 Å². The molecule has 1 nitrogen and oxygen atoms in total. The van der Waals surface area contributed by atoms with E-state index in [2.05, 4.69) is 40.8 Å². The highest BCUT2D eigenvalue weighted by atomic mass is 79.9. The highest BCUT2D eigenvalue weighted by molar-refractivity contribution is 9.10. The number of para-hydroxylation sites is 1. The molecule has 2 aromatic rings. The van der Waals surface area contributed by atoms with Crippen LogP contribution in [0.5, 0.6) is 0 Å². The maximum Gasteiger partial charge on any atom is 0.0657 e. The van der Waals surface area contributed by atoms with Gasteiger partial charge in [0.1, 0.15) is 0 Å². The third kappa shape index (κ3) is 1.47. The van der Waals surface area contributed by atoms with Crippen molar-refractivity contribution in [2.45, 2.75) is 19.8 Å². The Balaban J connectivity index is 2.80. The van der Waals surface area contributed by atoms with Crippen LogP contribution in [0.1, 0.15) is 25.5 Å². The van der Waals surface area contributed by atoms with Crippen LogP contribution in [0.15, 0.2) is 22.7 Å². The molecule has 0 atom stereocenters. The number of halogens is 2. The summed E-state index contributed by atoms with van der Waals surface area (Å²) in [6.07, 6.45) is 0. The lowest BCUT2D eigenvalue weighted by Gasteiger charge is -2.00. The highest BCUT2D eigenvalue weighted by Crippen LogP contribution is 2.34. The molecule has 0 unspecified atom stereocenters. The minimum atomic E-state index is 0.466. The quantitative estimate of drug-likeness (QED) is 0.774. The van der Waals surface area contributed by atoms with Gasteiger partial charge in [0, 0.05) is 15.6 Å². The van der Waals surface area contributed by atoms with Gasteiger partial charge >= 0.3 is 0 Å². The lowest BCUT2D eigenvalue weighted by atomic mass is 10.1. The summed E-state index contributed by atoms with van der Waals surface area (Å²) in [4.78, 5) is 3.35. The first-order valence-corrected chi connectivity index (χ1v) is 5.74. The number of hydrogen-bond donors (Lipinski definition) is 1. The fourth-order valence-corrected chi connectivity index (χ4v) is 2.68. The first-order chi connectivity index (χ1) is 6.61. The molecule has 1 heterocycles. The minimum absolute atomic E-state index is 0.466. The maximum atomic E-state index is 6.09.